The summed E-state index contributed by atoms with van der Waals surface area (Å²) in [6.45, 7) is 7.97. The second-order valence-electron chi connectivity index (χ2n) is 4.59. The quantitative estimate of drug-likeness (QED) is 0.801. The van der Waals surface area contributed by atoms with Gasteiger partial charge in [-0.3, -0.25) is 4.79 Å². The van der Waals surface area contributed by atoms with Crippen molar-refractivity contribution in [2.45, 2.75) is 39.8 Å². The van der Waals surface area contributed by atoms with E-state index < -0.39 is 0 Å². The minimum absolute atomic E-state index is 0.0212. The Morgan fingerprint density at radius 1 is 1.24 bits per heavy atom. The van der Waals surface area contributed by atoms with E-state index in [1.165, 1.54) is 0 Å². The summed E-state index contributed by atoms with van der Waals surface area (Å²) in [5, 5.41) is 8.83. The molecular weight excluding hydrogens is 212 g/mol. The normalized spacial score (nSPS) is 10.4. The van der Waals surface area contributed by atoms with E-state index in [9.17, 15) is 4.79 Å². The summed E-state index contributed by atoms with van der Waals surface area (Å²) in [4.78, 5) is 14.1. The highest BCUT2D eigenvalue weighted by Crippen LogP contribution is 2.13. The van der Waals surface area contributed by atoms with Crippen LogP contribution in [0.25, 0.3) is 0 Å². The van der Waals surface area contributed by atoms with Crippen LogP contribution in [0.15, 0.2) is 24.3 Å². The summed E-state index contributed by atoms with van der Waals surface area (Å²) in [6.07, 6.45) is 0. The maximum absolute atomic E-state index is 12.3. The molecule has 0 aliphatic rings. The summed E-state index contributed by atoms with van der Waals surface area (Å²) in [5.41, 5.74) is 1.09. The van der Waals surface area contributed by atoms with Crippen molar-refractivity contribution in [3.8, 4) is 6.07 Å². The predicted octanol–water partition coefficient (Wildman–Crippen LogP) is 2.82. The fourth-order valence-electron chi connectivity index (χ4n) is 1.94. The molecule has 0 heterocycles. The van der Waals surface area contributed by atoms with Crippen LogP contribution < -0.4 is 0 Å². The van der Waals surface area contributed by atoms with Crippen molar-refractivity contribution < 1.29 is 4.79 Å². The lowest BCUT2D eigenvalue weighted by Gasteiger charge is -2.30. The smallest absolute Gasteiger partial charge is 0.254 e. The van der Waals surface area contributed by atoms with Gasteiger partial charge in [-0.05, 0) is 45.9 Å². The first-order chi connectivity index (χ1) is 7.97. The Labute approximate surface area is 103 Å². The molecule has 0 fully saturated rings. The number of hydrogen-bond donors (Lipinski definition) is 0. The van der Waals surface area contributed by atoms with Gasteiger partial charge in [0.15, 0.2) is 0 Å². The van der Waals surface area contributed by atoms with E-state index in [1.807, 2.05) is 38.7 Å². The molecule has 0 aliphatic heterocycles. The van der Waals surface area contributed by atoms with Crippen LogP contribution in [0.2, 0.25) is 0 Å². The molecule has 0 atom stereocenters. The predicted molar refractivity (Wildman–Crippen MR) is 67.6 cm³/mol. The summed E-state index contributed by atoms with van der Waals surface area (Å²) in [6, 6.07) is 9.17. The molecule has 0 spiro atoms. The lowest BCUT2D eigenvalue weighted by Crippen LogP contribution is -2.42. The van der Waals surface area contributed by atoms with E-state index in [0.29, 0.717) is 11.1 Å². The van der Waals surface area contributed by atoms with Crippen LogP contribution in [0.4, 0.5) is 0 Å². The fourth-order valence-corrected chi connectivity index (χ4v) is 1.94. The molecule has 0 aromatic heterocycles. The highest BCUT2D eigenvalue weighted by atomic mass is 16.2. The van der Waals surface area contributed by atoms with Gasteiger partial charge in [-0.1, -0.05) is 6.07 Å². The third kappa shape index (κ3) is 3.07. The first kappa shape index (κ1) is 13.2. The number of hydrogen-bond acceptors (Lipinski definition) is 2. The zero-order valence-electron chi connectivity index (χ0n) is 10.8. The van der Waals surface area contributed by atoms with Crippen molar-refractivity contribution in [1.29, 1.82) is 5.26 Å². The molecule has 0 bridgehead atoms. The van der Waals surface area contributed by atoms with Gasteiger partial charge < -0.3 is 4.90 Å². The van der Waals surface area contributed by atoms with Gasteiger partial charge in [-0.15, -0.1) is 0 Å². The molecule has 0 radical (unpaired) electrons. The van der Waals surface area contributed by atoms with E-state index in [0.717, 1.165) is 0 Å². The van der Waals surface area contributed by atoms with Gasteiger partial charge in [0.2, 0.25) is 0 Å². The Morgan fingerprint density at radius 2 is 1.82 bits per heavy atom. The lowest BCUT2D eigenvalue weighted by molar-refractivity contribution is 0.0643. The van der Waals surface area contributed by atoms with Crippen LogP contribution in [0.3, 0.4) is 0 Å². The first-order valence-corrected chi connectivity index (χ1v) is 5.80. The van der Waals surface area contributed by atoms with Crippen molar-refractivity contribution >= 4 is 5.91 Å². The molecule has 0 unspecified atom stereocenters. The second kappa shape index (κ2) is 5.49. The third-order valence-electron chi connectivity index (χ3n) is 2.59. The van der Waals surface area contributed by atoms with Crippen molar-refractivity contribution in [1.82, 2.24) is 4.90 Å². The van der Waals surface area contributed by atoms with Gasteiger partial charge in [0.25, 0.3) is 5.91 Å². The molecule has 3 heteroatoms. The van der Waals surface area contributed by atoms with Gasteiger partial charge in [-0.2, -0.15) is 5.26 Å². The Hall–Kier alpha value is -1.82. The highest BCUT2D eigenvalue weighted by molar-refractivity contribution is 5.94. The van der Waals surface area contributed by atoms with E-state index in [1.54, 1.807) is 24.3 Å². The van der Waals surface area contributed by atoms with Crippen LogP contribution in [0, 0.1) is 11.3 Å². The minimum Gasteiger partial charge on any atom is -0.334 e. The van der Waals surface area contributed by atoms with Gasteiger partial charge >= 0.3 is 0 Å². The largest absolute Gasteiger partial charge is 0.334 e. The average Bonchev–Trinajstić information content (AvgIpc) is 2.28. The number of rotatable bonds is 3. The molecule has 17 heavy (non-hydrogen) atoms. The Morgan fingerprint density at radius 3 is 2.29 bits per heavy atom. The molecular formula is C14H18N2O. The minimum atomic E-state index is -0.0212. The number of amides is 1. The highest BCUT2D eigenvalue weighted by Gasteiger charge is 2.21. The molecule has 1 amide bonds. The fraction of sp³-hybridized carbons (Fsp3) is 0.429. The number of benzene rings is 1. The average molecular weight is 230 g/mol. The van der Waals surface area contributed by atoms with Gasteiger partial charge in [0.05, 0.1) is 11.6 Å². The van der Waals surface area contributed by atoms with Crippen molar-refractivity contribution in [2.75, 3.05) is 0 Å². The zero-order valence-corrected chi connectivity index (χ0v) is 10.8. The standard InChI is InChI=1S/C14H18N2O/c1-10(2)16(11(3)4)14(17)13-7-5-6-12(8-13)9-15/h5-8,10-11H,1-4H3. The van der Waals surface area contributed by atoms with Crippen LogP contribution >= 0.6 is 0 Å². The Bertz CT molecular complexity index is 436. The molecule has 3 nitrogen and oxygen atoms in total. The third-order valence-corrected chi connectivity index (χ3v) is 2.59. The molecule has 1 aromatic carbocycles. The van der Waals surface area contributed by atoms with Crippen molar-refractivity contribution in [2.24, 2.45) is 0 Å². The zero-order chi connectivity index (χ0) is 13.0. The first-order valence-electron chi connectivity index (χ1n) is 5.80. The summed E-state index contributed by atoms with van der Waals surface area (Å²) < 4.78 is 0. The molecule has 90 valence electrons. The molecule has 0 aliphatic carbocycles. The van der Waals surface area contributed by atoms with Gasteiger partial charge in [0, 0.05) is 17.6 Å². The van der Waals surface area contributed by atoms with Gasteiger partial charge in [0.1, 0.15) is 0 Å². The monoisotopic (exact) mass is 230 g/mol. The van der Waals surface area contributed by atoms with Crippen LogP contribution in [-0.4, -0.2) is 22.9 Å². The molecule has 0 saturated heterocycles. The summed E-state index contributed by atoms with van der Waals surface area (Å²) in [7, 11) is 0. The number of carbonyl (C=O) groups is 1. The molecule has 1 aromatic rings. The van der Waals surface area contributed by atoms with Crippen LogP contribution in [0.1, 0.15) is 43.6 Å². The summed E-state index contributed by atoms with van der Waals surface area (Å²) >= 11 is 0. The van der Waals surface area contributed by atoms with E-state index in [4.69, 9.17) is 5.26 Å². The van der Waals surface area contributed by atoms with Gasteiger partial charge in [-0.25, -0.2) is 0 Å². The number of nitrogens with zero attached hydrogens (tertiary/aromatic N) is 2. The second-order valence-corrected chi connectivity index (χ2v) is 4.59. The van der Waals surface area contributed by atoms with Crippen molar-refractivity contribution in [3.63, 3.8) is 0 Å². The van der Waals surface area contributed by atoms with E-state index in [-0.39, 0.29) is 18.0 Å². The Kier molecular flexibility index (Phi) is 4.28. The lowest BCUT2D eigenvalue weighted by atomic mass is 10.1. The molecule has 0 N–H and O–H groups in total. The maximum Gasteiger partial charge on any atom is 0.254 e. The summed E-state index contributed by atoms with van der Waals surface area (Å²) in [5.74, 6) is -0.0212. The number of carbonyl (C=O) groups excluding carboxylic acids is 1. The van der Waals surface area contributed by atoms with E-state index >= 15 is 0 Å². The van der Waals surface area contributed by atoms with Crippen LogP contribution in [-0.2, 0) is 0 Å². The SMILES string of the molecule is CC(C)N(C(=O)c1cccc(C#N)c1)C(C)C. The van der Waals surface area contributed by atoms with E-state index in [2.05, 4.69) is 0 Å². The topological polar surface area (TPSA) is 44.1 Å². The Balaban J connectivity index is 3.06. The van der Waals surface area contributed by atoms with Crippen molar-refractivity contribution in [3.05, 3.63) is 35.4 Å². The molecule has 0 saturated carbocycles. The molecule has 1 rings (SSSR count). The maximum atomic E-state index is 12.3. The van der Waals surface area contributed by atoms with Crippen LogP contribution in [0.5, 0.6) is 0 Å². The number of nitriles is 1.